The molecule has 4 nitrogen and oxygen atoms in total. The molecule has 0 spiro atoms. The van der Waals surface area contributed by atoms with Crippen LogP contribution in [-0.2, 0) is 15.1 Å². The van der Waals surface area contributed by atoms with E-state index in [0.717, 1.165) is 31.2 Å². The minimum Gasteiger partial charge on any atom is -0.447 e. The van der Waals surface area contributed by atoms with Crippen molar-refractivity contribution in [3.05, 3.63) is 35.4 Å². The summed E-state index contributed by atoms with van der Waals surface area (Å²) in [4.78, 5) is 11.6. The van der Waals surface area contributed by atoms with Crippen LogP contribution >= 0.6 is 0 Å². The molecule has 0 heterocycles. The minimum absolute atomic E-state index is 0.119. The Morgan fingerprint density at radius 2 is 2.15 bits per heavy atom. The smallest absolute Gasteiger partial charge is 0.303 e. The van der Waals surface area contributed by atoms with Crippen molar-refractivity contribution < 1.29 is 14.7 Å². The lowest BCUT2D eigenvalue weighted by atomic mass is 9.58. The third-order valence-corrected chi connectivity index (χ3v) is 4.49. The first-order chi connectivity index (χ1) is 9.70. The maximum atomic E-state index is 11.6. The van der Waals surface area contributed by atoms with E-state index in [2.05, 4.69) is 11.2 Å². The molecule has 2 aliphatic rings. The molecule has 0 amide bonds. The first-order valence-electron chi connectivity index (χ1n) is 7.20. The van der Waals surface area contributed by atoms with Crippen molar-refractivity contribution >= 4 is 11.7 Å². The van der Waals surface area contributed by atoms with Gasteiger partial charge < -0.3 is 9.94 Å². The van der Waals surface area contributed by atoms with Crippen LogP contribution in [-0.4, -0.2) is 16.9 Å². The Morgan fingerprint density at radius 3 is 2.90 bits per heavy atom. The van der Waals surface area contributed by atoms with Gasteiger partial charge in [-0.15, -0.1) is 0 Å². The van der Waals surface area contributed by atoms with E-state index in [-0.39, 0.29) is 11.9 Å². The Balaban J connectivity index is 2.14. The summed E-state index contributed by atoms with van der Waals surface area (Å²) in [7, 11) is 0. The van der Waals surface area contributed by atoms with Gasteiger partial charge in [0.1, 0.15) is 5.71 Å². The van der Waals surface area contributed by atoms with Crippen molar-refractivity contribution in [1.29, 1.82) is 0 Å². The quantitative estimate of drug-likeness (QED) is 0.485. The highest BCUT2D eigenvalue weighted by atomic mass is 16.6. The second kappa shape index (κ2) is 4.93. The number of hydrogen-bond acceptors (Lipinski definition) is 4. The summed E-state index contributed by atoms with van der Waals surface area (Å²) in [6.45, 7) is 1.42. The van der Waals surface area contributed by atoms with Gasteiger partial charge in [-0.05, 0) is 24.8 Å². The second-order valence-corrected chi connectivity index (χ2v) is 5.62. The maximum Gasteiger partial charge on any atom is 0.303 e. The average molecular weight is 273 g/mol. The number of rotatable bonds is 1. The van der Waals surface area contributed by atoms with Crippen LogP contribution in [0.1, 0.15) is 56.1 Å². The number of oxime groups is 1. The van der Waals surface area contributed by atoms with Crippen molar-refractivity contribution in [2.24, 2.45) is 5.16 Å². The molecule has 1 aromatic rings. The van der Waals surface area contributed by atoms with Crippen LogP contribution in [0.25, 0.3) is 0 Å². The summed E-state index contributed by atoms with van der Waals surface area (Å²) >= 11 is 0. The standard InChI is InChI=1S/C16H19NO3/c1-11(18)20-16-13(12-7-5-6-9-14(12)16)8-3-2-4-10-15(16)17-19/h5-7,9,13,19H,2-4,8,10H2,1H3/b17-15+/t13-,16+/m0/s1. The highest BCUT2D eigenvalue weighted by Crippen LogP contribution is 2.57. The number of carbonyl (C=O) groups is 1. The number of carbonyl (C=O) groups excluding carboxylic acids is 1. The van der Waals surface area contributed by atoms with Gasteiger partial charge in [-0.1, -0.05) is 42.3 Å². The van der Waals surface area contributed by atoms with Gasteiger partial charge in [-0.25, -0.2) is 0 Å². The zero-order valence-electron chi connectivity index (χ0n) is 11.6. The molecule has 3 rings (SSSR count). The van der Waals surface area contributed by atoms with Gasteiger partial charge in [0.2, 0.25) is 0 Å². The lowest BCUT2D eigenvalue weighted by Crippen LogP contribution is -2.53. The van der Waals surface area contributed by atoms with E-state index in [1.54, 1.807) is 0 Å². The van der Waals surface area contributed by atoms with Crippen LogP contribution in [0.4, 0.5) is 0 Å². The molecule has 0 radical (unpaired) electrons. The molecule has 1 aromatic carbocycles. The fourth-order valence-electron chi connectivity index (χ4n) is 3.72. The average Bonchev–Trinajstić information content (AvgIpc) is 2.42. The summed E-state index contributed by atoms with van der Waals surface area (Å²) in [6, 6.07) is 8.00. The Kier molecular flexibility index (Phi) is 3.24. The van der Waals surface area contributed by atoms with Crippen molar-refractivity contribution in [3.8, 4) is 0 Å². The van der Waals surface area contributed by atoms with Crippen LogP contribution in [0.3, 0.4) is 0 Å². The molecule has 106 valence electrons. The fraction of sp³-hybridized carbons (Fsp3) is 0.500. The minimum atomic E-state index is -0.836. The highest BCUT2D eigenvalue weighted by Gasteiger charge is 2.58. The molecule has 2 aliphatic carbocycles. The molecule has 1 N–H and O–H groups in total. The molecule has 0 bridgehead atoms. The van der Waals surface area contributed by atoms with Crippen molar-refractivity contribution in [2.45, 2.75) is 50.5 Å². The number of benzene rings is 1. The van der Waals surface area contributed by atoms with E-state index in [4.69, 9.17) is 4.74 Å². The van der Waals surface area contributed by atoms with Gasteiger partial charge >= 0.3 is 5.97 Å². The number of esters is 1. The van der Waals surface area contributed by atoms with Crippen molar-refractivity contribution in [2.75, 3.05) is 0 Å². The Hall–Kier alpha value is -1.84. The van der Waals surface area contributed by atoms with E-state index in [0.29, 0.717) is 12.1 Å². The second-order valence-electron chi connectivity index (χ2n) is 5.62. The van der Waals surface area contributed by atoms with Gasteiger partial charge in [0, 0.05) is 18.4 Å². The van der Waals surface area contributed by atoms with E-state index in [1.165, 1.54) is 12.5 Å². The predicted molar refractivity (Wildman–Crippen MR) is 74.9 cm³/mol. The van der Waals surface area contributed by atoms with E-state index in [9.17, 15) is 10.0 Å². The van der Waals surface area contributed by atoms with Crippen LogP contribution in [0.15, 0.2) is 29.4 Å². The van der Waals surface area contributed by atoms with Crippen LogP contribution in [0.2, 0.25) is 0 Å². The molecule has 1 saturated carbocycles. The van der Waals surface area contributed by atoms with E-state index < -0.39 is 5.60 Å². The van der Waals surface area contributed by atoms with E-state index in [1.807, 2.05) is 18.2 Å². The van der Waals surface area contributed by atoms with Crippen LogP contribution in [0, 0.1) is 0 Å². The summed E-state index contributed by atoms with van der Waals surface area (Å²) in [6.07, 6.45) is 4.84. The summed E-state index contributed by atoms with van der Waals surface area (Å²) in [5.74, 6) is -0.208. The number of ether oxygens (including phenoxy) is 1. The molecule has 2 atom stereocenters. The molecule has 4 heteroatoms. The Morgan fingerprint density at radius 1 is 1.35 bits per heavy atom. The summed E-state index contributed by atoms with van der Waals surface area (Å²) in [5, 5.41) is 12.9. The fourth-order valence-corrected chi connectivity index (χ4v) is 3.72. The van der Waals surface area contributed by atoms with Gasteiger partial charge in [-0.2, -0.15) is 0 Å². The Bertz CT molecular complexity index is 567. The van der Waals surface area contributed by atoms with Crippen molar-refractivity contribution in [3.63, 3.8) is 0 Å². The molecule has 0 saturated heterocycles. The third kappa shape index (κ3) is 1.74. The lowest BCUT2D eigenvalue weighted by Gasteiger charge is -2.51. The lowest BCUT2D eigenvalue weighted by molar-refractivity contribution is -0.156. The maximum absolute atomic E-state index is 11.6. The molecule has 1 fully saturated rings. The Labute approximate surface area is 118 Å². The van der Waals surface area contributed by atoms with E-state index >= 15 is 0 Å². The highest BCUT2D eigenvalue weighted by molar-refractivity contribution is 5.98. The SMILES string of the molecule is CC(=O)O[C@]12/C(=N/O)CCCCC[C@H]1c1ccccc12. The molecular formula is C16H19NO3. The number of nitrogens with zero attached hydrogens (tertiary/aromatic N) is 1. The zero-order chi connectivity index (χ0) is 14.2. The first kappa shape index (κ1) is 13.2. The van der Waals surface area contributed by atoms with Crippen LogP contribution in [0.5, 0.6) is 0 Å². The van der Waals surface area contributed by atoms with Gasteiger partial charge in [0.25, 0.3) is 0 Å². The molecule has 0 aromatic heterocycles. The topological polar surface area (TPSA) is 58.9 Å². The van der Waals surface area contributed by atoms with Gasteiger partial charge in [0.15, 0.2) is 5.60 Å². The first-order valence-corrected chi connectivity index (χ1v) is 7.20. The van der Waals surface area contributed by atoms with Crippen molar-refractivity contribution in [1.82, 2.24) is 0 Å². The monoisotopic (exact) mass is 273 g/mol. The third-order valence-electron chi connectivity index (χ3n) is 4.49. The van der Waals surface area contributed by atoms with Crippen LogP contribution < -0.4 is 0 Å². The molecular weight excluding hydrogens is 254 g/mol. The number of fused-ring (bicyclic) bond motifs is 4. The summed E-state index contributed by atoms with van der Waals surface area (Å²) in [5.41, 5.74) is 1.96. The zero-order valence-corrected chi connectivity index (χ0v) is 11.6. The molecule has 20 heavy (non-hydrogen) atoms. The number of hydrogen-bond donors (Lipinski definition) is 1. The van der Waals surface area contributed by atoms with Gasteiger partial charge in [-0.3, -0.25) is 4.79 Å². The van der Waals surface area contributed by atoms with Gasteiger partial charge in [0.05, 0.1) is 0 Å². The largest absolute Gasteiger partial charge is 0.447 e. The summed E-state index contributed by atoms with van der Waals surface area (Å²) < 4.78 is 5.71. The predicted octanol–water partition coefficient (Wildman–Crippen LogP) is 3.34. The normalized spacial score (nSPS) is 30.4. The molecule has 0 unspecified atom stereocenters. The molecule has 0 aliphatic heterocycles.